The fraction of sp³-hybridized carbons (Fsp3) is 0.750. The average molecular weight is 258 g/mol. The van der Waals surface area contributed by atoms with Gasteiger partial charge in [0.15, 0.2) is 0 Å². The molecule has 0 amide bonds. The maximum Gasteiger partial charge on any atom is 0.248 e. The van der Waals surface area contributed by atoms with E-state index in [1.807, 2.05) is 17.7 Å². The first-order chi connectivity index (χ1) is 8.57. The van der Waals surface area contributed by atoms with Gasteiger partial charge in [-0.25, -0.2) is 19.2 Å². The Labute approximate surface area is 106 Å². The smallest absolute Gasteiger partial charge is 0.248 e. The minimum absolute atomic E-state index is 0.0529. The Kier molecular flexibility index (Phi) is 3.97. The summed E-state index contributed by atoms with van der Waals surface area (Å²) in [7, 11) is 0. The van der Waals surface area contributed by atoms with Crippen LogP contribution in [0, 0.1) is 5.92 Å². The maximum atomic E-state index is 13.2. The van der Waals surface area contributed by atoms with Crippen LogP contribution in [0.15, 0.2) is 12.4 Å². The van der Waals surface area contributed by atoms with Gasteiger partial charge < -0.3 is 4.57 Å². The summed E-state index contributed by atoms with van der Waals surface area (Å²) in [4.78, 5) is 4.30. The summed E-state index contributed by atoms with van der Waals surface area (Å²) in [6.07, 6.45) is 4.47. The first-order valence-electron chi connectivity index (χ1n) is 6.42. The molecule has 1 aromatic rings. The zero-order valence-corrected chi connectivity index (χ0v) is 10.6. The molecule has 1 unspecified atom stereocenters. The molecule has 1 heterocycles. The number of hydrogen-bond donors (Lipinski definition) is 2. The lowest BCUT2D eigenvalue weighted by atomic mass is 9.82. The van der Waals surface area contributed by atoms with E-state index in [-0.39, 0.29) is 24.8 Å². The molecule has 1 aromatic heterocycles. The molecule has 0 radical (unpaired) electrons. The topological polar surface area (TPSA) is 55.9 Å². The van der Waals surface area contributed by atoms with Crippen LogP contribution < -0.4 is 11.3 Å². The molecule has 102 valence electrons. The Bertz CT molecular complexity index is 381. The molecule has 2 rings (SSSR count). The highest BCUT2D eigenvalue weighted by atomic mass is 19.3. The maximum absolute atomic E-state index is 13.2. The van der Waals surface area contributed by atoms with Gasteiger partial charge in [-0.05, 0) is 25.7 Å². The third-order valence-corrected chi connectivity index (χ3v) is 3.78. The summed E-state index contributed by atoms with van der Waals surface area (Å²) >= 11 is 0. The van der Waals surface area contributed by atoms with Gasteiger partial charge in [-0.2, -0.15) is 0 Å². The molecule has 6 heteroatoms. The molecule has 1 fully saturated rings. The summed E-state index contributed by atoms with van der Waals surface area (Å²) in [6, 6.07) is -0.143. The van der Waals surface area contributed by atoms with Crippen molar-refractivity contribution in [2.24, 2.45) is 11.8 Å². The molecule has 0 aliphatic heterocycles. The second-order valence-corrected chi connectivity index (χ2v) is 4.91. The summed E-state index contributed by atoms with van der Waals surface area (Å²) in [6.45, 7) is 2.82. The predicted molar refractivity (Wildman–Crippen MR) is 64.9 cm³/mol. The van der Waals surface area contributed by atoms with Crippen molar-refractivity contribution in [2.75, 3.05) is 0 Å². The quantitative estimate of drug-likeness (QED) is 0.643. The van der Waals surface area contributed by atoms with Crippen molar-refractivity contribution in [3.63, 3.8) is 0 Å². The van der Waals surface area contributed by atoms with E-state index in [9.17, 15) is 8.78 Å². The Hall–Kier alpha value is -1.01. The van der Waals surface area contributed by atoms with Crippen molar-refractivity contribution < 1.29 is 8.78 Å². The van der Waals surface area contributed by atoms with Gasteiger partial charge in [0.2, 0.25) is 5.92 Å². The van der Waals surface area contributed by atoms with E-state index in [0.717, 1.165) is 12.4 Å². The predicted octanol–water partition coefficient (Wildman–Crippen LogP) is 2.23. The van der Waals surface area contributed by atoms with E-state index in [1.54, 1.807) is 6.20 Å². The number of halogens is 2. The highest BCUT2D eigenvalue weighted by Crippen LogP contribution is 2.40. The van der Waals surface area contributed by atoms with Gasteiger partial charge in [-0.15, -0.1) is 0 Å². The van der Waals surface area contributed by atoms with Gasteiger partial charge in [0, 0.05) is 31.8 Å². The van der Waals surface area contributed by atoms with Crippen LogP contribution in [0.25, 0.3) is 0 Å². The molecule has 1 atom stereocenters. The van der Waals surface area contributed by atoms with Crippen molar-refractivity contribution in [1.82, 2.24) is 15.0 Å². The first-order valence-corrected chi connectivity index (χ1v) is 6.42. The molecule has 3 N–H and O–H groups in total. The second kappa shape index (κ2) is 5.32. The Balaban J connectivity index is 2.10. The van der Waals surface area contributed by atoms with Crippen LogP contribution in [0.2, 0.25) is 0 Å². The lowest BCUT2D eigenvalue weighted by Crippen LogP contribution is -2.38. The van der Waals surface area contributed by atoms with Crippen molar-refractivity contribution in [3.05, 3.63) is 18.2 Å². The first kappa shape index (κ1) is 13.4. The van der Waals surface area contributed by atoms with Gasteiger partial charge in [-0.1, -0.05) is 0 Å². The van der Waals surface area contributed by atoms with E-state index >= 15 is 0 Å². The van der Waals surface area contributed by atoms with Gasteiger partial charge in [-0.3, -0.25) is 5.84 Å². The Morgan fingerprint density at radius 3 is 2.78 bits per heavy atom. The zero-order chi connectivity index (χ0) is 13.2. The SMILES string of the molecule is CCn1ccnc1C(NN)C1CCC(F)(F)CC1. The lowest BCUT2D eigenvalue weighted by molar-refractivity contribution is -0.0502. The van der Waals surface area contributed by atoms with Crippen molar-refractivity contribution in [2.45, 2.75) is 51.1 Å². The van der Waals surface area contributed by atoms with E-state index in [0.29, 0.717) is 12.8 Å². The van der Waals surface area contributed by atoms with Crippen LogP contribution in [-0.4, -0.2) is 15.5 Å². The molecule has 0 aromatic carbocycles. The number of nitrogens with two attached hydrogens (primary N) is 1. The van der Waals surface area contributed by atoms with Crippen LogP contribution in [0.3, 0.4) is 0 Å². The summed E-state index contributed by atoms with van der Waals surface area (Å²) in [5.41, 5.74) is 2.75. The standard InChI is InChI=1S/C12H20F2N4/c1-2-18-8-7-16-11(18)10(17-15)9-3-5-12(13,14)6-4-9/h7-10,17H,2-6,15H2,1H3. The molecule has 0 spiro atoms. The molecule has 0 bridgehead atoms. The van der Waals surface area contributed by atoms with Gasteiger partial charge in [0.05, 0.1) is 6.04 Å². The number of alkyl halides is 2. The highest BCUT2D eigenvalue weighted by Gasteiger charge is 2.38. The summed E-state index contributed by atoms with van der Waals surface area (Å²) in [5.74, 6) is 4.06. The Morgan fingerprint density at radius 2 is 2.22 bits per heavy atom. The van der Waals surface area contributed by atoms with E-state index in [4.69, 9.17) is 5.84 Å². The monoisotopic (exact) mass is 258 g/mol. The van der Waals surface area contributed by atoms with Crippen LogP contribution in [0.4, 0.5) is 8.78 Å². The number of hydrogen-bond acceptors (Lipinski definition) is 3. The number of aromatic nitrogens is 2. The van der Waals surface area contributed by atoms with E-state index < -0.39 is 5.92 Å². The molecule has 1 aliphatic carbocycles. The van der Waals surface area contributed by atoms with E-state index in [1.165, 1.54) is 0 Å². The molecule has 1 saturated carbocycles. The summed E-state index contributed by atoms with van der Waals surface area (Å²) < 4.78 is 28.3. The number of rotatable bonds is 4. The molecule has 18 heavy (non-hydrogen) atoms. The van der Waals surface area contributed by atoms with E-state index in [2.05, 4.69) is 10.4 Å². The third-order valence-electron chi connectivity index (χ3n) is 3.78. The van der Waals surface area contributed by atoms with Crippen molar-refractivity contribution in [1.29, 1.82) is 0 Å². The average Bonchev–Trinajstić information content (AvgIpc) is 2.80. The van der Waals surface area contributed by atoms with Crippen LogP contribution >= 0.6 is 0 Å². The fourth-order valence-electron chi connectivity index (χ4n) is 2.68. The molecular formula is C12H20F2N4. The molecule has 0 saturated heterocycles. The van der Waals surface area contributed by atoms with Crippen LogP contribution in [0.1, 0.15) is 44.5 Å². The van der Waals surface area contributed by atoms with Gasteiger partial charge in [0.1, 0.15) is 5.82 Å². The molecule has 1 aliphatic rings. The number of imidazole rings is 1. The van der Waals surface area contributed by atoms with Crippen molar-refractivity contribution >= 4 is 0 Å². The number of aryl methyl sites for hydroxylation is 1. The number of nitrogens with one attached hydrogen (secondary N) is 1. The van der Waals surface area contributed by atoms with Crippen LogP contribution in [0.5, 0.6) is 0 Å². The molecule has 4 nitrogen and oxygen atoms in total. The minimum Gasteiger partial charge on any atom is -0.334 e. The third kappa shape index (κ3) is 2.70. The van der Waals surface area contributed by atoms with Crippen LogP contribution in [-0.2, 0) is 6.54 Å². The largest absolute Gasteiger partial charge is 0.334 e. The summed E-state index contributed by atoms with van der Waals surface area (Å²) in [5, 5.41) is 0. The molecular weight excluding hydrogens is 238 g/mol. The minimum atomic E-state index is -2.50. The van der Waals surface area contributed by atoms with Crippen molar-refractivity contribution in [3.8, 4) is 0 Å². The number of nitrogens with zero attached hydrogens (tertiary/aromatic N) is 2. The lowest BCUT2D eigenvalue weighted by Gasteiger charge is -2.33. The Morgan fingerprint density at radius 1 is 1.56 bits per heavy atom. The fourth-order valence-corrected chi connectivity index (χ4v) is 2.68. The normalized spacial score (nSPS) is 22.0. The second-order valence-electron chi connectivity index (χ2n) is 4.91. The number of hydrazine groups is 1. The van der Waals surface area contributed by atoms with Gasteiger partial charge >= 0.3 is 0 Å². The highest BCUT2D eigenvalue weighted by molar-refractivity contribution is 5.02. The van der Waals surface area contributed by atoms with Gasteiger partial charge in [0.25, 0.3) is 0 Å². The zero-order valence-electron chi connectivity index (χ0n) is 10.6.